The molecular weight excluding hydrogens is 384 g/mol. The Balaban J connectivity index is 0. The van der Waals surface area contributed by atoms with Gasteiger partial charge in [-0.1, -0.05) is 50.4 Å². The maximum absolute atomic E-state index is 10.4. The summed E-state index contributed by atoms with van der Waals surface area (Å²) in [5, 5.41) is 13.6. The molecule has 0 unspecified atom stereocenters. The van der Waals surface area contributed by atoms with Crippen LogP contribution in [0.25, 0.3) is 5.70 Å². The molecule has 0 atom stereocenters. The number of ether oxygens (including phenoxy) is 2. The number of hydrogen-bond acceptors (Lipinski definition) is 6. The van der Waals surface area contributed by atoms with Gasteiger partial charge in [-0.3, -0.25) is 10.1 Å². The van der Waals surface area contributed by atoms with Crippen molar-refractivity contribution >= 4 is 23.6 Å². The second-order valence-corrected chi connectivity index (χ2v) is 5.80. The smallest absolute Gasteiger partial charge is 0.258 e. The first-order valence-electron chi connectivity index (χ1n) is 9.37. The van der Waals surface area contributed by atoms with Crippen molar-refractivity contribution in [3.8, 4) is 0 Å². The first kappa shape index (κ1) is 28.3. The third-order valence-corrected chi connectivity index (χ3v) is 3.32. The van der Waals surface area contributed by atoms with Crippen LogP contribution >= 0.6 is 11.6 Å². The molecule has 160 valence electrons. The van der Waals surface area contributed by atoms with E-state index in [-0.39, 0.29) is 18.5 Å². The average molecular weight is 417 g/mol. The Morgan fingerprint density at radius 3 is 2.00 bits per heavy atom. The molecule has 0 fully saturated rings. The van der Waals surface area contributed by atoms with Crippen LogP contribution < -0.4 is 5.32 Å². The Hall–Kier alpha value is -1.96. The molecule has 0 aliphatic carbocycles. The van der Waals surface area contributed by atoms with Gasteiger partial charge in [-0.05, 0) is 32.9 Å². The predicted octanol–water partition coefficient (Wildman–Crippen LogP) is 4.92. The molecule has 7 nitrogen and oxygen atoms in total. The van der Waals surface area contributed by atoms with Crippen molar-refractivity contribution in [2.45, 2.75) is 53.8 Å². The number of halogens is 1. The van der Waals surface area contributed by atoms with Crippen molar-refractivity contribution < 1.29 is 19.2 Å². The van der Waals surface area contributed by atoms with Gasteiger partial charge in [0, 0.05) is 23.8 Å². The fourth-order valence-electron chi connectivity index (χ4n) is 1.63. The molecule has 0 saturated heterocycles. The van der Waals surface area contributed by atoms with Crippen molar-refractivity contribution in [3.63, 3.8) is 0 Å². The maximum Gasteiger partial charge on any atom is 0.258 e. The standard InChI is InChI=1S/C10H9ClN2O3.C6H14O2.C4H10/c11-9-3-1-8(2-4-9)10(7-13(15)16)12-5-6-14;1-4-7-6(3)8-5-2;1-3-4-2/h1-4,6-7,12H,5H2;6H,4-5H2,1-3H3;3-4H2,1-2H3/b10-7+;;. The fraction of sp³-hybridized carbons (Fsp3) is 0.550. The molecule has 1 N–H and O–H groups in total. The second kappa shape index (κ2) is 19.8. The quantitative estimate of drug-likeness (QED) is 0.252. The second-order valence-electron chi connectivity index (χ2n) is 5.36. The van der Waals surface area contributed by atoms with E-state index in [0.29, 0.717) is 16.9 Å². The van der Waals surface area contributed by atoms with Crippen LogP contribution in [0.4, 0.5) is 0 Å². The van der Waals surface area contributed by atoms with Gasteiger partial charge in [-0.15, -0.1) is 0 Å². The van der Waals surface area contributed by atoms with E-state index in [1.54, 1.807) is 24.3 Å². The molecule has 0 bridgehead atoms. The van der Waals surface area contributed by atoms with Gasteiger partial charge in [-0.25, -0.2) is 0 Å². The minimum atomic E-state index is -0.582. The van der Waals surface area contributed by atoms with Crippen molar-refractivity contribution in [1.29, 1.82) is 0 Å². The van der Waals surface area contributed by atoms with E-state index in [9.17, 15) is 14.9 Å². The van der Waals surface area contributed by atoms with Crippen LogP contribution in [-0.2, 0) is 14.3 Å². The molecule has 0 heterocycles. The largest absolute Gasteiger partial charge is 0.373 e. The lowest BCUT2D eigenvalue weighted by Gasteiger charge is -2.09. The number of unbranched alkanes of at least 4 members (excludes halogenated alkanes) is 1. The summed E-state index contributed by atoms with van der Waals surface area (Å²) < 4.78 is 10.1. The Labute approximate surface area is 173 Å². The number of carbonyl (C=O) groups is 1. The SMILES string of the molecule is CCCC.CCOC(C)OCC.O=CCN/C(=C/[N+](=O)[O-])c1ccc(Cl)cc1. The van der Waals surface area contributed by atoms with E-state index < -0.39 is 4.92 Å². The minimum Gasteiger partial charge on any atom is -0.373 e. The molecule has 28 heavy (non-hydrogen) atoms. The van der Waals surface area contributed by atoms with Gasteiger partial charge in [0.05, 0.1) is 11.5 Å². The lowest BCUT2D eigenvalue weighted by molar-refractivity contribution is -0.401. The first-order chi connectivity index (χ1) is 13.4. The molecule has 0 aromatic heterocycles. The van der Waals surface area contributed by atoms with Crippen LogP contribution in [0, 0.1) is 10.1 Å². The number of hydrogen-bond donors (Lipinski definition) is 1. The molecule has 8 heteroatoms. The molecule has 0 aliphatic heterocycles. The van der Waals surface area contributed by atoms with Crippen molar-refractivity contribution in [3.05, 3.63) is 51.2 Å². The summed E-state index contributed by atoms with van der Waals surface area (Å²) in [5.41, 5.74) is 0.872. The van der Waals surface area contributed by atoms with Crippen LogP contribution in [0.2, 0.25) is 5.02 Å². The van der Waals surface area contributed by atoms with Crippen molar-refractivity contribution in [2.24, 2.45) is 0 Å². The molecule has 0 spiro atoms. The normalized spacial score (nSPS) is 10.3. The van der Waals surface area contributed by atoms with Gasteiger partial charge in [0.25, 0.3) is 6.20 Å². The lowest BCUT2D eigenvalue weighted by Crippen LogP contribution is -2.15. The third kappa shape index (κ3) is 17.5. The van der Waals surface area contributed by atoms with E-state index in [4.69, 9.17) is 21.1 Å². The van der Waals surface area contributed by atoms with Crippen LogP contribution in [0.3, 0.4) is 0 Å². The molecular formula is C20H33ClN2O5. The summed E-state index contributed by atoms with van der Waals surface area (Å²) in [4.78, 5) is 20.0. The van der Waals surface area contributed by atoms with E-state index >= 15 is 0 Å². The molecule has 0 aliphatic rings. The topological polar surface area (TPSA) is 90.7 Å². The van der Waals surface area contributed by atoms with Crippen molar-refractivity contribution in [1.82, 2.24) is 5.32 Å². The summed E-state index contributed by atoms with van der Waals surface area (Å²) in [6, 6.07) is 6.51. The Bertz CT molecular complexity index is 542. The van der Waals surface area contributed by atoms with Crippen LogP contribution in [-0.4, -0.2) is 37.3 Å². The first-order valence-corrected chi connectivity index (χ1v) is 9.75. The van der Waals surface area contributed by atoms with Crippen LogP contribution in [0.15, 0.2) is 30.5 Å². The third-order valence-electron chi connectivity index (χ3n) is 3.07. The van der Waals surface area contributed by atoms with Crippen LogP contribution in [0.1, 0.15) is 53.0 Å². The number of nitro groups is 1. The fourth-order valence-corrected chi connectivity index (χ4v) is 1.75. The highest BCUT2D eigenvalue weighted by molar-refractivity contribution is 6.30. The monoisotopic (exact) mass is 416 g/mol. The zero-order valence-electron chi connectivity index (χ0n) is 17.4. The van der Waals surface area contributed by atoms with Gasteiger partial charge in [0.1, 0.15) is 12.0 Å². The van der Waals surface area contributed by atoms with Gasteiger partial charge < -0.3 is 19.6 Å². The van der Waals surface area contributed by atoms with E-state index in [1.807, 2.05) is 20.8 Å². The Morgan fingerprint density at radius 2 is 1.64 bits per heavy atom. The highest BCUT2D eigenvalue weighted by Crippen LogP contribution is 2.15. The zero-order valence-corrected chi connectivity index (χ0v) is 18.2. The number of nitrogens with zero attached hydrogens (tertiary/aromatic N) is 1. The number of benzene rings is 1. The number of rotatable bonds is 10. The van der Waals surface area contributed by atoms with Gasteiger partial charge in [0.2, 0.25) is 0 Å². The molecule has 0 saturated carbocycles. The van der Waals surface area contributed by atoms with E-state index in [2.05, 4.69) is 19.2 Å². The van der Waals surface area contributed by atoms with Gasteiger partial charge >= 0.3 is 0 Å². The Morgan fingerprint density at radius 1 is 1.14 bits per heavy atom. The summed E-state index contributed by atoms with van der Waals surface area (Å²) in [7, 11) is 0. The van der Waals surface area contributed by atoms with Crippen LogP contribution in [0.5, 0.6) is 0 Å². The van der Waals surface area contributed by atoms with Gasteiger partial charge in [0.15, 0.2) is 6.29 Å². The molecule has 0 radical (unpaired) electrons. The highest BCUT2D eigenvalue weighted by Gasteiger charge is 2.05. The molecule has 1 rings (SSSR count). The molecule has 1 aromatic carbocycles. The maximum atomic E-state index is 10.4. The molecule has 0 amide bonds. The number of nitrogens with one attached hydrogen (secondary N) is 1. The number of carbonyl (C=O) groups excluding carboxylic acids is 1. The van der Waals surface area contributed by atoms with E-state index in [0.717, 1.165) is 19.4 Å². The number of aldehydes is 1. The Kier molecular flexibility index (Phi) is 20.0. The average Bonchev–Trinajstić information content (AvgIpc) is 2.67. The molecule has 1 aromatic rings. The lowest BCUT2D eigenvalue weighted by atomic mass is 10.1. The summed E-state index contributed by atoms with van der Waals surface area (Å²) in [6.45, 7) is 11.6. The minimum absolute atomic E-state index is 0.0162. The predicted molar refractivity (Wildman–Crippen MR) is 114 cm³/mol. The van der Waals surface area contributed by atoms with Gasteiger partial charge in [-0.2, -0.15) is 0 Å². The summed E-state index contributed by atoms with van der Waals surface area (Å²) in [5.74, 6) is 0. The zero-order chi connectivity index (χ0) is 21.8. The van der Waals surface area contributed by atoms with Crippen molar-refractivity contribution in [2.75, 3.05) is 19.8 Å². The van der Waals surface area contributed by atoms with E-state index in [1.165, 1.54) is 12.8 Å². The summed E-state index contributed by atoms with van der Waals surface area (Å²) >= 11 is 5.70. The summed E-state index contributed by atoms with van der Waals surface area (Å²) in [6.07, 6.45) is 4.04. The highest BCUT2D eigenvalue weighted by atomic mass is 35.5.